The van der Waals surface area contributed by atoms with E-state index in [9.17, 15) is 4.79 Å². The minimum atomic E-state index is -0.0594. The van der Waals surface area contributed by atoms with Crippen LogP contribution in [0.3, 0.4) is 0 Å². The molecule has 2 fully saturated rings. The molecule has 0 aromatic carbocycles. The van der Waals surface area contributed by atoms with Crippen LogP contribution in [-0.4, -0.2) is 37.0 Å². The molecule has 1 aliphatic carbocycles. The topological polar surface area (TPSA) is 32.3 Å². The third-order valence-electron chi connectivity index (χ3n) is 4.54. The van der Waals surface area contributed by atoms with E-state index in [-0.39, 0.29) is 5.41 Å². The average Bonchev–Trinajstić information content (AvgIpc) is 3.20. The van der Waals surface area contributed by atoms with Crippen LogP contribution in [0.2, 0.25) is 0 Å². The molecule has 0 radical (unpaired) electrons. The van der Waals surface area contributed by atoms with Gasteiger partial charge in [-0.2, -0.15) is 0 Å². The van der Waals surface area contributed by atoms with Crippen molar-refractivity contribution in [2.75, 3.05) is 26.2 Å². The summed E-state index contributed by atoms with van der Waals surface area (Å²) >= 11 is 0. The van der Waals surface area contributed by atoms with Gasteiger partial charge in [0.15, 0.2) is 0 Å². The lowest BCUT2D eigenvalue weighted by Crippen LogP contribution is -2.49. The van der Waals surface area contributed by atoms with Crippen LogP contribution in [-0.2, 0) is 4.79 Å². The molecule has 3 heteroatoms. The molecule has 0 aromatic rings. The Bertz CT molecular complexity index is 267. The highest BCUT2D eigenvalue weighted by molar-refractivity contribution is 5.83. The molecule has 1 N–H and O–H groups in total. The molecule has 1 saturated heterocycles. The highest BCUT2D eigenvalue weighted by Gasteiger charge is 2.41. The molecule has 0 atom stereocenters. The van der Waals surface area contributed by atoms with Crippen molar-refractivity contribution in [1.82, 2.24) is 10.2 Å². The van der Waals surface area contributed by atoms with Crippen molar-refractivity contribution >= 4 is 5.91 Å². The molecule has 98 valence electrons. The Morgan fingerprint density at radius 1 is 1.29 bits per heavy atom. The number of piperidine rings is 1. The van der Waals surface area contributed by atoms with Crippen LogP contribution in [0.5, 0.6) is 0 Å². The minimum Gasteiger partial charge on any atom is -0.342 e. The maximum Gasteiger partial charge on any atom is 0.228 e. The largest absolute Gasteiger partial charge is 0.342 e. The zero-order valence-electron chi connectivity index (χ0n) is 11.3. The van der Waals surface area contributed by atoms with Crippen molar-refractivity contribution in [2.45, 2.75) is 46.0 Å². The molecule has 1 aliphatic heterocycles. The summed E-state index contributed by atoms with van der Waals surface area (Å²) in [5, 5.41) is 3.37. The Morgan fingerprint density at radius 3 is 2.41 bits per heavy atom. The van der Waals surface area contributed by atoms with Crippen LogP contribution in [0.1, 0.15) is 46.0 Å². The van der Waals surface area contributed by atoms with E-state index in [1.165, 1.54) is 12.8 Å². The Labute approximate surface area is 105 Å². The third kappa shape index (κ3) is 2.82. The molecule has 0 unspecified atom stereocenters. The zero-order chi connectivity index (χ0) is 12.3. The van der Waals surface area contributed by atoms with Crippen LogP contribution in [0.15, 0.2) is 0 Å². The number of carbonyl (C=O) groups is 1. The lowest BCUT2D eigenvalue weighted by molar-refractivity contribution is -0.144. The summed E-state index contributed by atoms with van der Waals surface area (Å²) in [7, 11) is 0. The summed E-state index contributed by atoms with van der Waals surface area (Å²) in [6.07, 6.45) is 5.68. The van der Waals surface area contributed by atoms with Gasteiger partial charge >= 0.3 is 0 Å². The van der Waals surface area contributed by atoms with Gasteiger partial charge in [0.05, 0.1) is 5.41 Å². The van der Waals surface area contributed by atoms with Crippen LogP contribution in [0, 0.1) is 11.3 Å². The predicted octanol–water partition coefficient (Wildman–Crippen LogP) is 2.02. The lowest BCUT2D eigenvalue weighted by atomic mass is 9.75. The van der Waals surface area contributed by atoms with E-state index in [0.717, 1.165) is 51.4 Å². The van der Waals surface area contributed by atoms with Crippen molar-refractivity contribution < 1.29 is 4.79 Å². The maximum absolute atomic E-state index is 12.7. The van der Waals surface area contributed by atoms with Gasteiger partial charge in [0.2, 0.25) is 5.91 Å². The Kier molecular flexibility index (Phi) is 4.08. The first-order chi connectivity index (χ1) is 8.22. The fraction of sp³-hybridized carbons (Fsp3) is 0.929. The van der Waals surface area contributed by atoms with E-state index in [1.54, 1.807) is 0 Å². The van der Waals surface area contributed by atoms with Crippen LogP contribution in [0.25, 0.3) is 0 Å². The number of amides is 1. The molecule has 1 heterocycles. The van der Waals surface area contributed by atoms with Crippen molar-refractivity contribution in [3.05, 3.63) is 0 Å². The summed E-state index contributed by atoms with van der Waals surface area (Å²) < 4.78 is 0. The molecular weight excluding hydrogens is 212 g/mol. The molecule has 3 nitrogen and oxygen atoms in total. The Balaban J connectivity index is 2.02. The second kappa shape index (κ2) is 5.38. The molecule has 2 rings (SSSR count). The second-order valence-corrected chi connectivity index (χ2v) is 5.67. The fourth-order valence-corrected chi connectivity index (χ4v) is 2.93. The standard InChI is InChI=1S/C14H26N2O/c1-3-14(7-9-15-10-8-14)13(17)16(4-2)11-12-5-6-12/h12,15H,3-11H2,1-2H3. The number of hydrogen-bond donors (Lipinski definition) is 1. The zero-order valence-corrected chi connectivity index (χ0v) is 11.3. The van der Waals surface area contributed by atoms with Gasteiger partial charge in [-0.05, 0) is 58.0 Å². The van der Waals surface area contributed by atoms with Crippen molar-refractivity contribution in [3.8, 4) is 0 Å². The minimum absolute atomic E-state index is 0.0594. The number of nitrogens with one attached hydrogen (secondary N) is 1. The number of nitrogens with zero attached hydrogens (tertiary/aromatic N) is 1. The molecule has 0 spiro atoms. The predicted molar refractivity (Wildman–Crippen MR) is 69.8 cm³/mol. The summed E-state index contributed by atoms with van der Waals surface area (Å²) in [6.45, 7) is 8.18. The van der Waals surface area contributed by atoms with Gasteiger partial charge in [-0.1, -0.05) is 6.92 Å². The molecule has 1 saturated carbocycles. The lowest BCUT2D eigenvalue weighted by Gasteiger charge is -2.39. The first kappa shape index (κ1) is 12.9. The second-order valence-electron chi connectivity index (χ2n) is 5.67. The van der Waals surface area contributed by atoms with Gasteiger partial charge in [-0.15, -0.1) is 0 Å². The van der Waals surface area contributed by atoms with E-state index in [1.807, 2.05) is 0 Å². The first-order valence-corrected chi connectivity index (χ1v) is 7.22. The monoisotopic (exact) mass is 238 g/mol. The Hall–Kier alpha value is -0.570. The Morgan fingerprint density at radius 2 is 1.94 bits per heavy atom. The molecule has 1 amide bonds. The van der Waals surface area contributed by atoms with E-state index >= 15 is 0 Å². The van der Waals surface area contributed by atoms with Crippen molar-refractivity contribution in [2.24, 2.45) is 11.3 Å². The third-order valence-corrected chi connectivity index (χ3v) is 4.54. The summed E-state index contributed by atoms with van der Waals surface area (Å²) in [5.74, 6) is 1.23. The number of hydrogen-bond acceptors (Lipinski definition) is 2. The van der Waals surface area contributed by atoms with Gasteiger partial charge in [0.1, 0.15) is 0 Å². The highest BCUT2D eigenvalue weighted by Crippen LogP contribution is 2.36. The van der Waals surface area contributed by atoms with E-state index in [2.05, 4.69) is 24.1 Å². The van der Waals surface area contributed by atoms with E-state index < -0.39 is 0 Å². The van der Waals surface area contributed by atoms with Crippen LogP contribution >= 0.6 is 0 Å². The smallest absolute Gasteiger partial charge is 0.228 e. The van der Waals surface area contributed by atoms with Crippen LogP contribution < -0.4 is 5.32 Å². The van der Waals surface area contributed by atoms with Gasteiger partial charge in [-0.25, -0.2) is 0 Å². The van der Waals surface area contributed by atoms with Crippen molar-refractivity contribution in [3.63, 3.8) is 0 Å². The van der Waals surface area contributed by atoms with Gasteiger partial charge in [0.25, 0.3) is 0 Å². The molecular formula is C14H26N2O. The fourth-order valence-electron chi connectivity index (χ4n) is 2.93. The van der Waals surface area contributed by atoms with Gasteiger partial charge in [0, 0.05) is 13.1 Å². The normalized spacial score (nSPS) is 23.4. The highest BCUT2D eigenvalue weighted by atomic mass is 16.2. The first-order valence-electron chi connectivity index (χ1n) is 7.22. The average molecular weight is 238 g/mol. The SMILES string of the molecule is CCN(CC1CC1)C(=O)C1(CC)CCNCC1. The molecule has 17 heavy (non-hydrogen) atoms. The van der Waals surface area contributed by atoms with Gasteiger partial charge in [-0.3, -0.25) is 4.79 Å². The maximum atomic E-state index is 12.7. The van der Waals surface area contributed by atoms with E-state index in [4.69, 9.17) is 0 Å². The van der Waals surface area contributed by atoms with Gasteiger partial charge < -0.3 is 10.2 Å². The van der Waals surface area contributed by atoms with Crippen molar-refractivity contribution in [1.29, 1.82) is 0 Å². The number of rotatable bonds is 5. The molecule has 0 aromatic heterocycles. The summed E-state index contributed by atoms with van der Waals surface area (Å²) in [6, 6.07) is 0. The van der Waals surface area contributed by atoms with Crippen LogP contribution in [0.4, 0.5) is 0 Å². The van der Waals surface area contributed by atoms with E-state index in [0.29, 0.717) is 5.91 Å². The number of carbonyl (C=O) groups excluding carboxylic acids is 1. The summed E-state index contributed by atoms with van der Waals surface area (Å²) in [4.78, 5) is 14.9. The quantitative estimate of drug-likeness (QED) is 0.795. The molecule has 2 aliphatic rings. The summed E-state index contributed by atoms with van der Waals surface area (Å²) in [5.41, 5.74) is -0.0594. The molecule has 0 bridgehead atoms.